The van der Waals surface area contributed by atoms with E-state index in [9.17, 15) is 24.3 Å². The summed E-state index contributed by atoms with van der Waals surface area (Å²) in [6.07, 6.45) is 0.202. The summed E-state index contributed by atoms with van der Waals surface area (Å²) < 4.78 is 21.4. The highest BCUT2D eigenvalue weighted by Crippen LogP contribution is 2.53. The number of fused-ring (bicyclic) bond motifs is 1. The minimum absolute atomic E-state index is 0. The molecule has 10 heteroatoms. The van der Waals surface area contributed by atoms with Gasteiger partial charge >= 0.3 is 23.9 Å². The summed E-state index contributed by atoms with van der Waals surface area (Å²) in [7, 11) is 0. The van der Waals surface area contributed by atoms with Gasteiger partial charge in [0.1, 0.15) is 6.61 Å². The highest BCUT2D eigenvalue weighted by Gasteiger charge is 2.55. The third-order valence-electron chi connectivity index (χ3n) is 12.7. The van der Waals surface area contributed by atoms with E-state index in [0.717, 1.165) is 66.8 Å². The van der Waals surface area contributed by atoms with E-state index in [-0.39, 0.29) is 72.8 Å². The lowest BCUT2D eigenvalue weighted by molar-refractivity contribution is -0.173. The summed E-state index contributed by atoms with van der Waals surface area (Å²) in [5.41, 5.74) is 7.43. The van der Waals surface area contributed by atoms with Crippen LogP contribution < -0.4 is 0 Å². The number of aliphatic hydroxyl groups excluding tert-OH is 2. The first-order chi connectivity index (χ1) is 38.1. The third-order valence-corrected chi connectivity index (χ3v) is 12.7. The van der Waals surface area contributed by atoms with Crippen LogP contribution in [0.1, 0.15) is 81.3 Å². The molecule has 0 bridgehead atoms. The van der Waals surface area contributed by atoms with Gasteiger partial charge in [0.05, 0.1) is 33.0 Å². The maximum absolute atomic E-state index is 13.6. The Bertz CT molecular complexity index is 3170. The number of hydrogen-bond donors (Lipinski definition) is 2. The van der Waals surface area contributed by atoms with Crippen LogP contribution in [0, 0.1) is 46.4 Å². The van der Waals surface area contributed by atoms with Crippen LogP contribution >= 0.6 is 0 Å². The van der Waals surface area contributed by atoms with Crippen LogP contribution in [0.25, 0.3) is 33.4 Å². The fourth-order valence-corrected chi connectivity index (χ4v) is 9.11. The molecule has 0 aliphatic heterocycles. The topological polar surface area (TPSA) is 146 Å². The quantitative estimate of drug-likeness (QED) is 0.0467. The average Bonchev–Trinajstić information content (AvgIpc) is 4.17. The zero-order chi connectivity index (χ0) is 55.6. The van der Waals surface area contributed by atoms with E-state index in [4.69, 9.17) is 24.1 Å². The number of ether oxygens (including phenoxy) is 4. The highest BCUT2D eigenvalue weighted by atomic mass is 16.6. The summed E-state index contributed by atoms with van der Waals surface area (Å²) in [5.74, 6) is 14.8. The van der Waals surface area contributed by atoms with E-state index in [0.29, 0.717) is 0 Å². The largest absolute Gasteiger partial charge is 0.465 e. The van der Waals surface area contributed by atoms with Crippen molar-refractivity contribution in [2.75, 3.05) is 33.0 Å². The van der Waals surface area contributed by atoms with Gasteiger partial charge in [-0.1, -0.05) is 189 Å². The lowest BCUT2D eigenvalue weighted by Crippen LogP contribution is -2.43. The van der Waals surface area contributed by atoms with Crippen LogP contribution in [0.5, 0.6) is 0 Å². The first-order valence-electron chi connectivity index (χ1n) is 26.0. The Morgan fingerprint density at radius 3 is 1.10 bits per heavy atom. The van der Waals surface area contributed by atoms with Gasteiger partial charge in [0.25, 0.3) is 0 Å². The molecule has 0 aromatic heterocycles. The minimum Gasteiger partial charge on any atom is -0.465 e. The van der Waals surface area contributed by atoms with Gasteiger partial charge in [-0.05, 0) is 114 Å². The minimum atomic E-state index is -1.59. The van der Waals surface area contributed by atoms with E-state index in [1.807, 2.05) is 182 Å². The van der Waals surface area contributed by atoms with Crippen molar-refractivity contribution >= 4 is 23.9 Å². The standard InChI is InChI=1S/C34H32O5.C25H24O4.C9H8O.CH4/c1-3-38-32(36)34(33(37)39-4-2)20-26-27(21-34)30(24-16-10-6-11-17-24)31(25-18-12-7-13-19-25)28(22-35)29(26)23-14-8-5-9-15-23;1-3-28-23(26)25(24(27)29-4-2,19-11-17-21-13-7-5-8-14-21)20-12-18-22-15-9-6-10-16-22;10-8-4-7-9-5-2-1-3-6-9;/h5-19,35H,3-4,20-22H2,1-2H3;5-10,13-16H,3-4,19-20H2,1-2H3;1-3,5-6,10H,8H2;1H4. The van der Waals surface area contributed by atoms with E-state index in [2.05, 4.69) is 35.5 Å². The summed E-state index contributed by atoms with van der Waals surface area (Å²) in [5, 5.41) is 19.3. The number of benzene rings is 7. The molecule has 8 rings (SSSR count). The van der Waals surface area contributed by atoms with Gasteiger partial charge in [-0.3, -0.25) is 19.2 Å². The Hall–Kier alpha value is -8.98. The zero-order valence-corrected chi connectivity index (χ0v) is 44.6. The number of esters is 4. The van der Waals surface area contributed by atoms with E-state index >= 15 is 0 Å². The summed E-state index contributed by atoms with van der Waals surface area (Å²) >= 11 is 0. The molecule has 1 aliphatic carbocycles. The van der Waals surface area contributed by atoms with Gasteiger partial charge in [0.2, 0.25) is 0 Å². The molecule has 0 radical (unpaired) electrons. The number of carbonyl (C=O) groups excluding carboxylic acids is 4. The van der Waals surface area contributed by atoms with E-state index in [1.165, 1.54) is 0 Å². The zero-order valence-electron chi connectivity index (χ0n) is 44.6. The van der Waals surface area contributed by atoms with Crippen molar-refractivity contribution in [3.05, 3.63) is 215 Å². The monoisotopic (exact) mass is 1060 g/mol. The van der Waals surface area contributed by atoms with Gasteiger partial charge in [-0.2, -0.15) is 0 Å². The molecule has 0 saturated carbocycles. The van der Waals surface area contributed by atoms with Crippen molar-refractivity contribution in [1.29, 1.82) is 0 Å². The SMILES string of the molecule is C.CCOC(=O)C(CC#Cc1ccccc1)(CC#Cc1ccccc1)C(=O)OCC.CCOC(=O)C1(C(=O)OCC)Cc2c(c(-c3ccccc3)c(-c3ccccc3)c(CO)c2-c2ccccc2)C1.OCC#Cc1ccccc1. The van der Waals surface area contributed by atoms with E-state index < -0.39 is 34.7 Å². The number of aliphatic hydroxyl groups is 2. The van der Waals surface area contributed by atoms with Crippen molar-refractivity contribution in [2.24, 2.45) is 10.8 Å². The van der Waals surface area contributed by atoms with Gasteiger partial charge in [0, 0.05) is 42.4 Å². The van der Waals surface area contributed by atoms with Crippen molar-refractivity contribution in [1.82, 2.24) is 0 Å². The molecule has 0 amide bonds. The van der Waals surface area contributed by atoms with Crippen LogP contribution in [0.4, 0.5) is 0 Å². The lowest BCUT2D eigenvalue weighted by atomic mass is 9.80. The smallest absolute Gasteiger partial charge is 0.325 e. The van der Waals surface area contributed by atoms with Gasteiger partial charge in [-0.25, -0.2) is 0 Å². The molecular weight excluding hydrogens is 989 g/mol. The van der Waals surface area contributed by atoms with Crippen LogP contribution in [0.3, 0.4) is 0 Å². The number of carbonyl (C=O) groups is 4. The van der Waals surface area contributed by atoms with E-state index in [1.54, 1.807) is 27.7 Å². The molecule has 1 aliphatic rings. The van der Waals surface area contributed by atoms with Crippen LogP contribution in [-0.2, 0) is 57.6 Å². The van der Waals surface area contributed by atoms with Crippen LogP contribution in [0.15, 0.2) is 182 Å². The Balaban J connectivity index is 0.000000252. The second-order valence-electron chi connectivity index (χ2n) is 17.7. The Morgan fingerprint density at radius 1 is 0.443 bits per heavy atom. The Morgan fingerprint density at radius 2 is 0.759 bits per heavy atom. The summed E-state index contributed by atoms with van der Waals surface area (Å²) in [6.45, 7) is 7.19. The summed E-state index contributed by atoms with van der Waals surface area (Å²) in [6, 6.07) is 58.1. The maximum Gasteiger partial charge on any atom is 0.325 e. The fraction of sp³-hybridized carbons (Fsp3) is 0.246. The molecule has 0 unspecified atom stereocenters. The molecule has 7 aromatic carbocycles. The predicted octanol–water partition coefficient (Wildman–Crippen LogP) is 12.0. The van der Waals surface area contributed by atoms with Gasteiger partial charge < -0.3 is 29.2 Å². The maximum atomic E-state index is 13.6. The molecule has 7 aromatic rings. The lowest BCUT2D eigenvalue weighted by Gasteiger charge is -2.25. The third kappa shape index (κ3) is 15.6. The molecule has 0 spiro atoms. The number of rotatable bonds is 14. The molecule has 2 N–H and O–H groups in total. The molecular formula is C69H68O10. The Kier molecular flexibility index (Phi) is 24.1. The molecule has 0 heterocycles. The Labute approximate surface area is 465 Å². The molecule has 0 fully saturated rings. The second kappa shape index (κ2) is 31.3. The molecule has 404 valence electrons. The summed E-state index contributed by atoms with van der Waals surface area (Å²) in [4.78, 5) is 52.8. The van der Waals surface area contributed by atoms with Gasteiger partial charge in [-0.15, -0.1) is 0 Å². The van der Waals surface area contributed by atoms with Crippen molar-refractivity contribution < 1.29 is 48.3 Å². The molecule has 79 heavy (non-hydrogen) atoms. The fourth-order valence-electron chi connectivity index (χ4n) is 9.11. The average molecular weight is 1060 g/mol. The predicted molar refractivity (Wildman–Crippen MR) is 310 cm³/mol. The normalized spacial score (nSPS) is 11.4. The number of hydrogen-bond acceptors (Lipinski definition) is 10. The molecule has 0 atom stereocenters. The van der Waals surface area contributed by atoms with Crippen molar-refractivity contribution in [3.8, 4) is 68.9 Å². The highest BCUT2D eigenvalue weighted by molar-refractivity contribution is 6.05. The molecule has 10 nitrogen and oxygen atoms in total. The second-order valence-corrected chi connectivity index (χ2v) is 17.7. The van der Waals surface area contributed by atoms with Crippen LogP contribution in [0.2, 0.25) is 0 Å². The van der Waals surface area contributed by atoms with Gasteiger partial charge in [0.15, 0.2) is 10.8 Å². The molecule has 0 saturated heterocycles. The first kappa shape index (κ1) is 60.9. The van der Waals surface area contributed by atoms with Crippen molar-refractivity contribution in [2.45, 2.75) is 67.4 Å². The first-order valence-corrected chi connectivity index (χ1v) is 26.0. The van der Waals surface area contributed by atoms with Crippen LogP contribution in [-0.4, -0.2) is 67.1 Å². The van der Waals surface area contributed by atoms with Crippen molar-refractivity contribution in [3.63, 3.8) is 0 Å².